The highest BCUT2D eigenvalue weighted by atomic mass is 16.5. The predicted molar refractivity (Wildman–Crippen MR) is 73.7 cm³/mol. The summed E-state index contributed by atoms with van der Waals surface area (Å²) < 4.78 is 5.62. The van der Waals surface area contributed by atoms with Gasteiger partial charge in [-0.3, -0.25) is 0 Å². The summed E-state index contributed by atoms with van der Waals surface area (Å²) in [5.41, 5.74) is 0.957. The van der Waals surface area contributed by atoms with E-state index < -0.39 is 0 Å². The molecule has 18 heavy (non-hydrogen) atoms. The van der Waals surface area contributed by atoms with Gasteiger partial charge in [-0.05, 0) is 37.7 Å². The van der Waals surface area contributed by atoms with E-state index in [2.05, 4.69) is 6.92 Å². The maximum absolute atomic E-state index is 10.6. The zero-order valence-corrected chi connectivity index (χ0v) is 11.4. The van der Waals surface area contributed by atoms with Gasteiger partial charge in [-0.25, -0.2) is 0 Å². The van der Waals surface area contributed by atoms with E-state index in [9.17, 15) is 5.11 Å². The SMILES string of the molecule is CCOc1ccccc1C(O)C1CCCC(C)C1. The van der Waals surface area contributed by atoms with Crippen molar-refractivity contribution in [2.24, 2.45) is 11.8 Å². The molecular weight excluding hydrogens is 224 g/mol. The summed E-state index contributed by atoms with van der Waals surface area (Å²) >= 11 is 0. The molecule has 2 heteroatoms. The average Bonchev–Trinajstić information content (AvgIpc) is 2.39. The second-order valence-electron chi connectivity index (χ2n) is 5.45. The van der Waals surface area contributed by atoms with Crippen molar-refractivity contribution in [3.63, 3.8) is 0 Å². The standard InChI is InChI=1S/C16H24O2/c1-3-18-15-10-5-4-9-14(15)16(17)13-8-6-7-12(2)11-13/h4-5,9-10,12-13,16-17H,3,6-8,11H2,1-2H3. The summed E-state index contributed by atoms with van der Waals surface area (Å²) in [6.45, 7) is 4.91. The third-order valence-corrected chi connectivity index (χ3v) is 3.96. The highest BCUT2D eigenvalue weighted by molar-refractivity contribution is 5.35. The van der Waals surface area contributed by atoms with E-state index >= 15 is 0 Å². The Hall–Kier alpha value is -1.02. The molecule has 2 nitrogen and oxygen atoms in total. The van der Waals surface area contributed by atoms with Crippen LogP contribution in [0.15, 0.2) is 24.3 Å². The molecule has 100 valence electrons. The second-order valence-corrected chi connectivity index (χ2v) is 5.45. The van der Waals surface area contributed by atoms with Crippen LogP contribution >= 0.6 is 0 Å². The van der Waals surface area contributed by atoms with Gasteiger partial charge >= 0.3 is 0 Å². The molecule has 0 aromatic heterocycles. The maximum Gasteiger partial charge on any atom is 0.125 e. The van der Waals surface area contributed by atoms with E-state index in [0.717, 1.165) is 30.1 Å². The maximum atomic E-state index is 10.6. The van der Waals surface area contributed by atoms with Crippen LogP contribution in [0.1, 0.15) is 51.2 Å². The van der Waals surface area contributed by atoms with Crippen LogP contribution in [0.4, 0.5) is 0 Å². The Morgan fingerprint density at radius 1 is 1.33 bits per heavy atom. The minimum atomic E-state index is -0.379. The van der Waals surface area contributed by atoms with Gasteiger partial charge < -0.3 is 9.84 Å². The predicted octanol–water partition coefficient (Wildman–Crippen LogP) is 3.95. The Labute approximate surface area is 110 Å². The molecule has 3 unspecified atom stereocenters. The van der Waals surface area contributed by atoms with Crippen molar-refractivity contribution in [3.8, 4) is 5.75 Å². The Morgan fingerprint density at radius 2 is 2.11 bits per heavy atom. The van der Waals surface area contributed by atoms with Crippen LogP contribution in [0, 0.1) is 11.8 Å². The molecule has 0 radical (unpaired) electrons. The molecule has 0 saturated heterocycles. The minimum Gasteiger partial charge on any atom is -0.493 e. The Balaban J connectivity index is 2.14. The lowest BCUT2D eigenvalue weighted by Crippen LogP contribution is -2.20. The van der Waals surface area contributed by atoms with E-state index in [1.165, 1.54) is 12.8 Å². The normalized spacial score (nSPS) is 25.7. The van der Waals surface area contributed by atoms with Crippen LogP contribution in [-0.2, 0) is 0 Å². The summed E-state index contributed by atoms with van der Waals surface area (Å²) in [5, 5.41) is 10.6. The minimum absolute atomic E-state index is 0.379. The van der Waals surface area contributed by atoms with Crippen LogP contribution in [0.2, 0.25) is 0 Å². The molecule has 0 spiro atoms. The van der Waals surface area contributed by atoms with Crippen LogP contribution in [0.3, 0.4) is 0 Å². The van der Waals surface area contributed by atoms with Crippen LogP contribution in [0.5, 0.6) is 5.75 Å². The number of aliphatic hydroxyl groups is 1. The summed E-state index contributed by atoms with van der Waals surface area (Å²) in [5.74, 6) is 1.96. The van der Waals surface area contributed by atoms with Gasteiger partial charge in [0.15, 0.2) is 0 Å². The number of para-hydroxylation sites is 1. The fourth-order valence-corrected chi connectivity index (χ4v) is 3.03. The lowest BCUT2D eigenvalue weighted by atomic mass is 9.78. The van der Waals surface area contributed by atoms with Gasteiger partial charge in [0.25, 0.3) is 0 Å². The molecule has 0 bridgehead atoms. The van der Waals surface area contributed by atoms with Crippen molar-refractivity contribution in [2.75, 3.05) is 6.61 Å². The van der Waals surface area contributed by atoms with Crippen LogP contribution in [-0.4, -0.2) is 11.7 Å². The highest BCUT2D eigenvalue weighted by Crippen LogP contribution is 2.39. The third kappa shape index (κ3) is 3.05. The highest BCUT2D eigenvalue weighted by Gasteiger charge is 2.27. The van der Waals surface area contributed by atoms with Crippen LogP contribution < -0.4 is 4.74 Å². The van der Waals surface area contributed by atoms with Gasteiger partial charge in [0.1, 0.15) is 5.75 Å². The van der Waals surface area contributed by atoms with Gasteiger partial charge in [0.05, 0.1) is 12.7 Å². The number of aliphatic hydroxyl groups excluding tert-OH is 1. The summed E-state index contributed by atoms with van der Waals surface area (Å²) in [4.78, 5) is 0. The lowest BCUT2D eigenvalue weighted by Gasteiger charge is -2.31. The van der Waals surface area contributed by atoms with Gasteiger partial charge in [-0.1, -0.05) is 38.0 Å². The lowest BCUT2D eigenvalue weighted by molar-refractivity contribution is 0.0688. The summed E-state index contributed by atoms with van der Waals surface area (Å²) in [6, 6.07) is 7.89. The Bertz CT molecular complexity index is 375. The van der Waals surface area contributed by atoms with Crippen molar-refractivity contribution >= 4 is 0 Å². The number of hydrogen-bond acceptors (Lipinski definition) is 2. The van der Waals surface area contributed by atoms with Crippen LogP contribution in [0.25, 0.3) is 0 Å². The molecule has 1 saturated carbocycles. The van der Waals surface area contributed by atoms with Gasteiger partial charge in [-0.2, -0.15) is 0 Å². The van der Waals surface area contributed by atoms with Gasteiger partial charge in [-0.15, -0.1) is 0 Å². The van der Waals surface area contributed by atoms with Crippen molar-refractivity contribution in [1.29, 1.82) is 0 Å². The first-order valence-electron chi connectivity index (χ1n) is 7.12. The third-order valence-electron chi connectivity index (χ3n) is 3.96. The van der Waals surface area contributed by atoms with Crippen molar-refractivity contribution < 1.29 is 9.84 Å². The Morgan fingerprint density at radius 3 is 2.83 bits per heavy atom. The summed E-state index contributed by atoms with van der Waals surface area (Å²) in [7, 11) is 0. The molecule has 1 aliphatic carbocycles. The average molecular weight is 248 g/mol. The first-order valence-corrected chi connectivity index (χ1v) is 7.12. The smallest absolute Gasteiger partial charge is 0.125 e. The van der Waals surface area contributed by atoms with Gasteiger partial charge in [0, 0.05) is 5.56 Å². The molecule has 0 heterocycles. The fourth-order valence-electron chi connectivity index (χ4n) is 3.03. The number of ether oxygens (including phenoxy) is 1. The first-order chi connectivity index (χ1) is 8.72. The molecule has 0 aliphatic heterocycles. The zero-order chi connectivity index (χ0) is 13.0. The molecule has 2 rings (SSSR count). The molecule has 1 aromatic rings. The monoisotopic (exact) mass is 248 g/mol. The van der Waals surface area contributed by atoms with E-state index in [1.807, 2.05) is 31.2 Å². The molecule has 0 amide bonds. The van der Waals surface area contributed by atoms with E-state index in [-0.39, 0.29) is 6.10 Å². The van der Waals surface area contributed by atoms with E-state index in [4.69, 9.17) is 4.74 Å². The fraction of sp³-hybridized carbons (Fsp3) is 0.625. The molecule has 1 N–H and O–H groups in total. The Kier molecular flexibility index (Phi) is 4.65. The molecular formula is C16H24O2. The zero-order valence-electron chi connectivity index (χ0n) is 11.4. The summed E-state index contributed by atoms with van der Waals surface area (Å²) in [6.07, 6.45) is 4.42. The van der Waals surface area contributed by atoms with Crippen molar-refractivity contribution in [3.05, 3.63) is 29.8 Å². The van der Waals surface area contributed by atoms with Crippen molar-refractivity contribution in [2.45, 2.75) is 45.6 Å². The quantitative estimate of drug-likeness (QED) is 0.874. The number of hydrogen-bond donors (Lipinski definition) is 1. The topological polar surface area (TPSA) is 29.5 Å². The second kappa shape index (κ2) is 6.24. The van der Waals surface area contributed by atoms with Crippen molar-refractivity contribution in [1.82, 2.24) is 0 Å². The molecule has 1 fully saturated rings. The first kappa shape index (κ1) is 13.4. The number of benzene rings is 1. The van der Waals surface area contributed by atoms with E-state index in [1.54, 1.807) is 0 Å². The molecule has 1 aliphatic rings. The van der Waals surface area contributed by atoms with E-state index in [0.29, 0.717) is 12.5 Å². The molecule has 1 aromatic carbocycles. The number of rotatable bonds is 4. The van der Waals surface area contributed by atoms with Gasteiger partial charge in [0.2, 0.25) is 0 Å². The largest absolute Gasteiger partial charge is 0.493 e. The molecule has 3 atom stereocenters.